The van der Waals surface area contributed by atoms with Crippen LogP contribution < -0.4 is 4.74 Å². The fraction of sp³-hybridized carbons (Fsp3) is 0.235. The minimum atomic E-state index is -0.0493. The fourth-order valence-electron chi connectivity index (χ4n) is 2.76. The number of imidazole rings is 1. The zero-order chi connectivity index (χ0) is 16.4. The van der Waals surface area contributed by atoms with Crippen LogP contribution in [-0.4, -0.2) is 37.1 Å². The first kappa shape index (κ1) is 14.5. The molecule has 0 radical (unpaired) electrons. The van der Waals surface area contributed by atoms with Gasteiger partial charge in [-0.25, -0.2) is 4.98 Å². The van der Waals surface area contributed by atoms with Crippen LogP contribution >= 0.6 is 0 Å². The second-order valence-corrected chi connectivity index (χ2v) is 5.66. The molecule has 122 valence electrons. The first-order valence-corrected chi connectivity index (χ1v) is 7.81. The Balaban J connectivity index is 1.43. The average molecular weight is 323 g/mol. The van der Waals surface area contributed by atoms with Crippen LogP contribution in [0.5, 0.6) is 5.88 Å². The number of nitrogens with one attached hydrogen (secondary N) is 1. The van der Waals surface area contributed by atoms with Gasteiger partial charge >= 0.3 is 0 Å². The van der Waals surface area contributed by atoms with Gasteiger partial charge in [0.05, 0.1) is 31.3 Å². The number of rotatable bonds is 4. The maximum absolute atomic E-state index is 12.4. The monoisotopic (exact) mass is 323 g/mol. The highest BCUT2D eigenvalue weighted by molar-refractivity contribution is 5.92. The molecule has 24 heavy (non-hydrogen) atoms. The first-order valence-electron chi connectivity index (χ1n) is 7.81. The van der Waals surface area contributed by atoms with E-state index >= 15 is 0 Å². The summed E-state index contributed by atoms with van der Waals surface area (Å²) < 4.78 is 7.66. The SMILES string of the molecule is O=C(c1cnc[nH]1)N1CCn2nc(OCc3ccccc3)cc2C1. The molecule has 0 saturated heterocycles. The predicted molar refractivity (Wildman–Crippen MR) is 86.3 cm³/mol. The molecule has 0 unspecified atom stereocenters. The lowest BCUT2D eigenvalue weighted by molar-refractivity contribution is 0.0700. The van der Waals surface area contributed by atoms with Gasteiger partial charge in [0.1, 0.15) is 12.3 Å². The molecule has 1 aliphatic rings. The summed E-state index contributed by atoms with van der Waals surface area (Å²) in [5, 5.41) is 4.46. The van der Waals surface area contributed by atoms with Crippen molar-refractivity contribution in [2.24, 2.45) is 0 Å². The summed E-state index contributed by atoms with van der Waals surface area (Å²) in [4.78, 5) is 20.9. The third kappa shape index (κ3) is 2.88. The summed E-state index contributed by atoms with van der Waals surface area (Å²) in [6, 6.07) is 11.9. The number of amides is 1. The molecule has 0 saturated carbocycles. The average Bonchev–Trinajstić information content (AvgIpc) is 3.29. The lowest BCUT2D eigenvalue weighted by Crippen LogP contribution is -2.38. The zero-order valence-electron chi connectivity index (χ0n) is 13.1. The van der Waals surface area contributed by atoms with Gasteiger partial charge in [-0.2, -0.15) is 0 Å². The summed E-state index contributed by atoms with van der Waals surface area (Å²) >= 11 is 0. The van der Waals surface area contributed by atoms with Crippen LogP contribution in [0.15, 0.2) is 48.9 Å². The molecule has 0 bridgehead atoms. The van der Waals surface area contributed by atoms with Crippen molar-refractivity contribution in [3.63, 3.8) is 0 Å². The van der Waals surface area contributed by atoms with Crippen LogP contribution in [0, 0.1) is 0 Å². The number of hydrogen-bond acceptors (Lipinski definition) is 4. The van der Waals surface area contributed by atoms with Crippen molar-refractivity contribution in [2.45, 2.75) is 19.7 Å². The first-order chi connectivity index (χ1) is 11.8. The molecule has 1 N–H and O–H groups in total. The lowest BCUT2D eigenvalue weighted by Gasteiger charge is -2.26. The van der Waals surface area contributed by atoms with E-state index in [2.05, 4.69) is 15.1 Å². The van der Waals surface area contributed by atoms with E-state index in [1.165, 1.54) is 6.33 Å². The second-order valence-electron chi connectivity index (χ2n) is 5.66. The number of aromatic amines is 1. The van der Waals surface area contributed by atoms with Crippen LogP contribution in [-0.2, 0) is 19.7 Å². The molecule has 0 spiro atoms. The van der Waals surface area contributed by atoms with Gasteiger partial charge in [-0.05, 0) is 5.56 Å². The number of H-pyrrole nitrogens is 1. The number of ether oxygens (including phenoxy) is 1. The molecule has 0 aliphatic carbocycles. The summed E-state index contributed by atoms with van der Waals surface area (Å²) in [5.41, 5.74) is 2.57. The molecule has 1 amide bonds. The molecule has 3 heterocycles. The zero-order valence-corrected chi connectivity index (χ0v) is 13.1. The Morgan fingerprint density at radius 2 is 2.12 bits per heavy atom. The number of carbonyl (C=O) groups is 1. The minimum Gasteiger partial charge on any atom is -0.472 e. The standard InChI is InChI=1S/C17H17N5O2/c23-17(15-9-18-12-19-15)21-6-7-22-14(10-21)8-16(20-22)24-11-13-4-2-1-3-5-13/h1-5,8-9,12H,6-7,10-11H2,(H,18,19). The Kier molecular flexibility index (Phi) is 3.74. The number of aromatic nitrogens is 4. The molecule has 4 rings (SSSR count). The largest absolute Gasteiger partial charge is 0.472 e. The Labute approximate surface area is 138 Å². The van der Waals surface area contributed by atoms with Crippen molar-refractivity contribution in [3.05, 3.63) is 65.9 Å². The number of carbonyl (C=O) groups excluding carboxylic acids is 1. The van der Waals surface area contributed by atoms with Gasteiger partial charge in [0.15, 0.2) is 0 Å². The van der Waals surface area contributed by atoms with Gasteiger partial charge in [0, 0.05) is 12.6 Å². The third-order valence-corrected chi connectivity index (χ3v) is 4.02. The summed E-state index contributed by atoms with van der Waals surface area (Å²) in [5.74, 6) is 0.538. The van der Waals surface area contributed by atoms with Gasteiger partial charge in [-0.3, -0.25) is 9.48 Å². The fourth-order valence-corrected chi connectivity index (χ4v) is 2.76. The summed E-state index contributed by atoms with van der Waals surface area (Å²) in [6.45, 7) is 2.27. The van der Waals surface area contributed by atoms with Gasteiger partial charge in [-0.1, -0.05) is 30.3 Å². The van der Waals surface area contributed by atoms with Gasteiger partial charge in [-0.15, -0.1) is 5.10 Å². The minimum absolute atomic E-state index is 0.0493. The van der Waals surface area contributed by atoms with Gasteiger partial charge < -0.3 is 14.6 Å². The molecule has 0 fully saturated rings. The Morgan fingerprint density at radius 1 is 1.25 bits per heavy atom. The van der Waals surface area contributed by atoms with Crippen LogP contribution in [0.3, 0.4) is 0 Å². The molecule has 1 aliphatic heterocycles. The number of nitrogens with zero attached hydrogens (tertiary/aromatic N) is 4. The topological polar surface area (TPSA) is 76.0 Å². The van der Waals surface area contributed by atoms with Crippen molar-refractivity contribution in [2.75, 3.05) is 6.54 Å². The molecule has 3 aromatic rings. The van der Waals surface area contributed by atoms with Gasteiger partial charge in [0.2, 0.25) is 5.88 Å². The number of fused-ring (bicyclic) bond motifs is 1. The molecule has 0 atom stereocenters. The summed E-state index contributed by atoms with van der Waals surface area (Å²) in [6.07, 6.45) is 3.06. The Morgan fingerprint density at radius 3 is 2.92 bits per heavy atom. The van der Waals surface area contributed by atoms with Crippen molar-refractivity contribution in [1.82, 2.24) is 24.6 Å². The van der Waals surface area contributed by atoms with E-state index in [1.807, 2.05) is 41.1 Å². The lowest BCUT2D eigenvalue weighted by atomic mass is 10.2. The van der Waals surface area contributed by atoms with E-state index in [0.29, 0.717) is 37.8 Å². The van der Waals surface area contributed by atoms with E-state index in [1.54, 1.807) is 11.1 Å². The van der Waals surface area contributed by atoms with E-state index < -0.39 is 0 Å². The summed E-state index contributed by atoms with van der Waals surface area (Å²) in [7, 11) is 0. The molecule has 7 nitrogen and oxygen atoms in total. The number of benzene rings is 1. The number of hydrogen-bond donors (Lipinski definition) is 1. The molecule has 2 aromatic heterocycles. The normalized spacial score (nSPS) is 13.6. The van der Waals surface area contributed by atoms with E-state index in [-0.39, 0.29) is 5.91 Å². The highest BCUT2D eigenvalue weighted by atomic mass is 16.5. The molecular formula is C17H17N5O2. The maximum atomic E-state index is 12.4. The molecule has 7 heteroatoms. The van der Waals surface area contributed by atoms with Crippen LogP contribution in [0.1, 0.15) is 21.7 Å². The van der Waals surface area contributed by atoms with Crippen LogP contribution in [0.4, 0.5) is 0 Å². The van der Waals surface area contributed by atoms with Crippen LogP contribution in [0.2, 0.25) is 0 Å². The third-order valence-electron chi connectivity index (χ3n) is 4.02. The van der Waals surface area contributed by atoms with Crippen molar-refractivity contribution >= 4 is 5.91 Å². The van der Waals surface area contributed by atoms with Crippen molar-refractivity contribution in [3.8, 4) is 5.88 Å². The molecule has 1 aromatic carbocycles. The van der Waals surface area contributed by atoms with Crippen molar-refractivity contribution < 1.29 is 9.53 Å². The van der Waals surface area contributed by atoms with E-state index in [4.69, 9.17) is 4.74 Å². The molecular weight excluding hydrogens is 306 g/mol. The smallest absolute Gasteiger partial charge is 0.272 e. The quantitative estimate of drug-likeness (QED) is 0.795. The Hall–Kier alpha value is -3.09. The Bertz CT molecular complexity index is 826. The highest BCUT2D eigenvalue weighted by Crippen LogP contribution is 2.20. The second kappa shape index (κ2) is 6.19. The van der Waals surface area contributed by atoms with Crippen LogP contribution in [0.25, 0.3) is 0 Å². The highest BCUT2D eigenvalue weighted by Gasteiger charge is 2.24. The van der Waals surface area contributed by atoms with Crippen molar-refractivity contribution in [1.29, 1.82) is 0 Å². The van der Waals surface area contributed by atoms with E-state index in [0.717, 1.165) is 11.3 Å². The maximum Gasteiger partial charge on any atom is 0.272 e. The van der Waals surface area contributed by atoms with E-state index in [9.17, 15) is 4.79 Å². The predicted octanol–water partition coefficient (Wildman–Crippen LogP) is 1.84. The van der Waals surface area contributed by atoms with Gasteiger partial charge in [0.25, 0.3) is 5.91 Å².